The number of carbonyl (C=O) groups excluding carboxylic acids is 1. The van der Waals surface area contributed by atoms with Crippen LogP contribution in [0.25, 0.3) is 33.5 Å². The van der Waals surface area contributed by atoms with Crippen LogP contribution in [0.5, 0.6) is 11.6 Å². The van der Waals surface area contributed by atoms with E-state index in [4.69, 9.17) is 42.6 Å². The maximum Gasteiger partial charge on any atom is 0.237 e. The summed E-state index contributed by atoms with van der Waals surface area (Å²) in [5, 5.41) is 14.1. The van der Waals surface area contributed by atoms with E-state index in [9.17, 15) is 9.90 Å². The number of nitrogens with one attached hydrogen (secondary N) is 1. The van der Waals surface area contributed by atoms with Gasteiger partial charge in [0.2, 0.25) is 11.8 Å². The smallest absolute Gasteiger partial charge is 0.237 e. The minimum Gasteiger partial charge on any atom is -0.496 e. The summed E-state index contributed by atoms with van der Waals surface area (Å²) in [7, 11) is 3.31. The van der Waals surface area contributed by atoms with Crippen molar-refractivity contribution in [3.05, 3.63) is 81.6 Å². The number of fused-ring (bicyclic) bond motifs is 1. The number of rotatable bonds is 8. The molecule has 1 unspecified atom stereocenters. The van der Waals surface area contributed by atoms with E-state index in [-0.39, 0.29) is 23.6 Å². The molecule has 1 spiro atoms. The van der Waals surface area contributed by atoms with Gasteiger partial charge in [-0.2, -0.15) is 0 Å². The van der Waals surface area contributed by atoms with Gasteiger partial charge in [0.1, 0.15) is 11.4 Å². The van der Waals surface area contributed by atoms with Gasteiger partial charge >= 0.3 is 0 Å². The summed E-state index contributed by atoms with van der Waals surface area (Å²) in [5.41, 5.74) is 7.94. The monoisotopic (exact) mass is 685 g/mol. The van der Waals surface area contributed by atoms with Gasteiger partial charge in [0.25, 0.3) is 0 Å². The third-order valence-electron chi connectivity index (χ3n) is 10.3. The molecule has 3 aliphatic heterocycles. The van der Waals surface area contributed by atoms with Gasteiger partial charge < -0.3 is 19.9 Å². The fourth-order valence-corrected chi connectivity index (χ4v) is 8.64. The molecule has 3 saturated heterocycles. The van der Waals surface area contributed by atoms with Gasteiger partial charge in [-0.1, -0.05) is 65.7 Å². The number of benzene rings is 3. The lowest BCUT2D eigenvalue weighted by atomic mass is 9.88. The summed E-state index contributed by atoms with van der Waals surface area (Å²) in [5.74, 6) is 1.43. The molecule has 4 heterocycles. The van der Waals surface area contributed by atoms with E-state index in [1.165, 1.54) is 11.1 Å². The first kappa shape index (κ1) is 31.5. The van der Waals surface area contributed by atoms with Crippen molar-refractivity contribution in [2.24, 2.45) is 0 Å². The number of nitrogens with zero attached hydrogens (tertiary/aromatic N) is 4. The van der Waals surface area contributed by atoms with Crippen LogP contribution in [0.1, 0.15) is 42.1 Å². The number of methoxy groups -OCH3 is 2. The molecule has 1 amide bonds. The highest BCUT2D eigenvalue weighted by Crippen LogP contribution is 2.48. The number of aryl methyl sites for hydroxylation is 1. The van der Waals surface area contributed by atoms with Crippen molar-refractivity contribution in [1.29, 1.82) is 0 Å². The molecule has 0 saturated carbocycles. The van der Waals surface area contributed by atoms with Crippen LogP contribution in [-0.2, 0) is 17.8 Å². The average Bonchev–Trinajstić information content (AvgIpc) is 3.67. The first-order valence-electron chi connectivity index (χ1n) is 16.4. The SMILES string of the molecule is COc1cc(-c2cccc(-c3cccc(-c4cnc(CN5CC6(CCC(=O)N6)C5)c(OC)n4)c3Cl)c2Cl)cc2c1C(N1CC(O)C1)CC2. The molecule has 1 atom stereocenters. The molecule has 248 valence electrons. The van der Waals surface area contributed by atoms with Gasteiger partial charge in [-0.15, -0.1) is 0 Å². The van der Waals surface area contributed by atoms with E-state index in [0.717, 1.165) is 71.6 Å². The fraction of sp³-hybridized carbons (Fsp3) is 0.378. The summed E-state index contributed by atoms with van der Waals surface area (Å²) in [6.07, 6.45) is 4.91. The quantitative estimate of drug-likeness (QED) is 0.236. The maximum absolute atomic E-state index is 11.7. The van der Waals surface area contributed by atoms with Crippen molar-refractivity contribution in [2.45, 2.75) is 49.9 Å². The van der Waals surface area contributed by atoms with Crippen molar-refractivity contribution >= 4 is 29.1 Å². The standard InChI is InChI=1S/C37H37Cl2N5O4/c1-47-31-14-22(13-21-9-10-30(33(21)31)44-16-23(45)17-44)24-5-3-6-25(34(24)38)26-7-4-8-27(35(26)39)28-15-40-29(36(41-28)48-2)18-43-19-37(20-43)12-11-32(46)42-37/h3-8,13-15,23,30,45H,9-12,16-20H2,1-2H3,(H,42,46). The zero-order chi connectivity index (χ0) is 33.2. The third-order valence-corrected chi connectivity index (χ3v) is 11.2. The normalized spacial score (nSPS) is 20.4. The number of amides is 1. The molecule has 11 heteroatoms. The highest BCUT2D eigenvalue weighted by molar-refractivity contribution is 6.39. The van der Waals surface area contributed by atoms with Gasteiger partial charge in [-0.25, -0.2) is 4.98 Å². The van der Waals surface area contributed by atoms with Crippen LogP contribution in [0.3, 0.4) is 0 Å². The molecular formula is C37H37Cl2N5O4. The molecule has 9 nitrogen and oxygen atoms in total. The van der Waals surface area contributed by atoms with Crippen LogP contribution in [0.2, 0.25) is 10.0 Å². The van der Waals surface area contributed by atoms with Gasteiger partial charge in [-0.3, -0.25) is 19.6 Å². The number of carbonyl (C=O) groups is 1. The molecule has 0 radical (unpaired) electrons. The Morgan fingerprint density at radius 3 is 2.35 bits per heavy atom. The molecule has 4 aliphatic rings. The Bertz CT molecular complexity index is 1920. The Balaban J connectivity index is 1.07. The molecule has 2 N–H and O–H groups in total. The van der Waals surface area contributed by atoms with Gasteiger partial charge in [0, 0.05) is 73.0 Å². The molecule has 1 aromatic heterocycles. The molecule has 8 rings (SSSR count). The van der Waals surface area contributed by atoms with Crippen LogP contribution in [0.4, 0.5) is 0 Å². The van der Waals surface area contributed by atoms with Crippen molar-refractivity contribution < 1.29 is 19.4 Å². The van der Waals surface area contributed by atoms with Crippen LogP contribution in [0.15, 0.2) is 54.7 Å². The summed E-state index contributed by atoms with van der Waals surface area (Å²) in [6.45, 7) is 3.57. The number of likely N-dealkylation sites (tertiary alicyclic amines) is 2. The van der Waals surface area contributed by atoms with Crippen LogP contribution in [0, 0.1) is 0 Å². The lowest BCUT2D eigenvalue weighted by Gasteiger charge is -2.47. The lowest BCUT2D eigenvalue weighted by Crippen LogP contribution is -2.66. The molecule has 48 heavy (non-hydrogen) atoms. The molecule has 3 aromatic carbocycles. The Hall–Kier alpha value is -3.73. The van der Waals surface area contributed by atoms with Gasteiger partial charge in [-0.05, 0) is 36.5 Å². The Kier molecular flexibility index (Phi) is 8.08. The average molecular weight is 687 g/mol. The summed E-state index contributed by atoms with van der Waals surface area (Å²) >= 11 is 14.3. The predicted molar refractivity (Wildman–Crippen MR) is 185 cm³/mol. The van der Waals surface area contributed by atoms with Crippen LogP contribution >= 0.6 is 23.2 Å². The number of aromatic nitrogens is 2. The summed E-state index contributed by atoms with van der Waals surface area (Å²) in [4.78, 5) is 25.9. The topological polar surface area (TPSA) is 100 Å². The van der Waals surface area contributed by atoms with Crippen molar-refractivity contribution in [3.63, 3.8) is 0 Å². The van der Waals surface area contributed by atoms with E-state index < -0.39 is 0 Å². The van der Waals surface area contributed by atoms with E-state index in [0.29, 0.717) is 47.7 Å². The van der Waals surface area contributed by atoms with Gasteiger partial charge in [0.05, 0.1) is 47.8 Å². The largest absolute Gasteiger partial charge is 0.496 e. The summed E-state index contributed by atoms with van der Waals surface area (Å²) in [6, 6.07) is 16.4. The first-order valence-corrected chi connectivity index (χ1v) is 17.2. The number of ether oxygens (including phenoxy) is 2. The minimum atomic E-state index is -0.244. The Morgan fingerprint density at radius 1 is 0.979 bits per heavy atom. The number of aliphatic hydroxyl groups is 1. The van der Waals surface area contributed by atoms with Crippen LogP contribution in [-0.4, -0.2) is 82.8 Å². The van der Waals surface area contributed by atoms with E-state index in [1.54, 1.807) is 20.4 Å². The number of hydrogen-bond acceptors (Lipinski definition) is 8. The molecule has 4 aromatic rings. The molecule has 3 fully saturated rings. The van der Waals surface area contributed by atoms with Crippen molar-refractivity contribution in [2.75, 3.05) is 40.4 Å². The summed E-state index contributed by atoms with van der Waals surface area (Å²) < 4.78 is 11.6. The van der Waals surface area contributed by atoms with E-state index in [1.807, 2.05) is 36.4 Å². The highest BCUT2D eigenvalue weighted by Gasteiger charge is 2.47. The highest BCUT2D eigenvalue weighted by atomic mass is 35.5. The van der Waals surface area contributed by atoms with Gasteiger partial charge in [0.15, 0.2) is 0 Å². The first-order chi connectivity index (χ1) is 23.3. The minimum absolute atomic E-state index is 0.0982. The number of aliphatic hydroxyl groups excluding tert-OH is 1. The van der Waals surface area contributed by atoms with Crippen LogP contribution < -0.4 is 14.8 Å². The lowest BCUT2D eigenvalue weighted by molar-refractivity contribution is -0.120. The number of β-amino-alcohol motifs (C(OH)–C–C–N with tert-alkyl or cyclic N) is 1. The van der Waals surface area contributed by atoms with Crippen molar-refractivity contribution in [3.8, 4) is 45.1 Å². The zero-order valence-corrected chi connectivity index (χ0v) is 28.4. The molecule has 0 bridgehead atoms. The molecule has 1 aliphatic carbocycles. The second kappa shape index (κ2) is 12.3. The van der Waals surface area contributed by atoms with E-state index >= 15 is 0 Å². The molecular weight excluding hydrogens is 649 g/mol. The number of hydrogen-bond donors (Lipinski definition) is 2. The fourth-order valence-electron chi connectivity index (χ4n) is 7.98. The van der Waals surface area contributed by atoms with E-state index in [2.05, 4.69) is 27.2 Å². The second-order valence-corrected chi connectivity index (χ2v) is 14.2. The second-order valence-electron chi connectivity index (χ2n) is 13.4. The Morgan fingerprint density at radius 2 is 1.69 bits per heavy atom. The Labute approximate surface area is 289 Å². The maximum atomic E-state index is 11.7. The zero-order valence-electron chi connectivity index (χ0n) is 26.9. The number of halogens is 2. The van der Waals surface area contributed by atoms with Crippen molar-refractivity contribution in [1.82, 2.24) is 25.1 Å². The predicted octanol–water partition coefficient (Wildman–Crippen LogP) is 5.93. The third kappa shape index (κ3) is 5.42.